The second-order valence-electron chi connectivity index (χ2n) is 4.62. The second kappa shape index (κ2) is 7.38. The van der Waals surface area contributed by atoms with Crippen LogP contribution in [0.25, 0.3) is 0 Å². The summed E-state index contributed by atoms with van der Waals surface area (Å²) in [6.07, 6.45) is 5.25. The highest BCUT2D eigenvalue weighted by atomic mass is 16.2. The molecule has 21 heavy (non-hydrogen) atoms. The smallest absolute Gasteiger partial charge is 0.272 e. The largest absolute Gasteiger partial charge is 0.380 e. The zero-order chi connectivity index (χ0) is 15.1. The minimum Gasteiger partial charge on any atom is -0.380 e. The molecule has 0 radical (unpaired) electrons. The second-order valence-corrected chi connectivity index (χ2v) is 4.62. The van der Waals surface area contributed by atoms with Crippen molar-refractivity contribution >= 4 is 11.6 Å². The van der Waals surface area contributed by atoms with E-state index in [1.165, 1.54) is 0 Å². The van der Waals surface area contributed by atoms with Crippen LogP contribution in [0.1, 0.15) is 29.9 Å². The summed E-state index contributed by atoms with van der Waals surface area (Å²) in [5, 5.41) is 3.26. The first-order chi connectivity index (χ1) is 10.2. The molecule has 2 rings (SSSR count). The highest BCUT2D eigenvalue weighted by Gasteiger charge is 2.13. The van der Waals surface area contributed by atoms with Crippen LogP contribution in [0.4, 0.5) is 5.69 Å². The molecule has 0 bridgehead atoms. The number of nitrogens with zero attached hydrogens (tertiary/aromatic N) is 3. The maximum Gasteiger partial charge on any atom is 0.272 e. The first kappa shape index (κ1) is 15.0. The van der Waals surface area contributed by atoms with Crippen LogP contribution in [-0.4, -0.2) is 33.9 Å². The van der Waals surface area contributed by atoms with E-state index in [9.17, 15) is 4.79 Å². The Kier molecular flexibility index (Phi) is 5.26. The molecular weight excluding hydrogens is 264 g/mol. The van der Waals surface area contributed by atoms with Crippen molar-refractivity contribution in [3.63, 3.8) is 0 Å². The normalized spacial score (nSPS) is 10.2. The molecule has 2 aromatic heterocycles. The molecule has 5 heteroatoms. The van der Waals surface area contributed by atoms with Crippen LogP contribution in [-0.2, 0) is 6.54 Å². The van der Waals surface area contributed by atoms with E-state index in [-0.39, 0.29) is 5.91 Å². The van der Waals surface area contributed by atoms with E-state index in [2.05, 4.69) is 15.3 Å². The van der Waals surface area contributed by atoms with E-state index >= 15 is 0 Å². The Morgan fingerprint density at radius 2 is 2.00 bits per heavy atom. The molecule has 0 atom stereocenters. The number of amides is 1. The van der Waals surface area contributed by atoms with Crippen LogP contribution >= 0.6 is 0 Å². The lowest BCUT2D eigenvalue weighted by molar-refractivity contribution is 0.0767. The minimum atomic E-state index is -0.0289. The number of hydrogen-bond donors (Lipinski definition) is 1. The number of hydrogen-bond acceptors (Lipinski definition) is 4. The Balaban J connectivity index is 1.97. The molecule has 1 N–H and O–H groups in total. The fourth-order valence-corrected chi connectivity index (χ4v) is 2.00. The van der Waals surface area contributed by atoms with Crippen LogP contribution in [0.15, 0.2) is 42.9 Å². The average Bonchev–Trinajstić information content (AvgIpc) is 2.55. The zero-order valence-electron chi connectivity index (χ0n) is 12.4. The molecule has 5 nitrogen and oxygen atoms in total. The third-order valence-electron chi connectivity index (χ3n) is 3.25. The third kappa shape index (κ3) is 4.02. The lowest BCUT2D eigenvalue weighted by Crippen LogP contribution is -2.31. The van der Waals surface area contributed by atoms with Crippen molar-refractivity contribution in [2.75, 3.05) is 18.4 Å². The molecule has 0 unspecified atom stereocenters. The Labute approximate surface area is 125 Å². The summed E-state index contributed by atoms with van der Waals surface area (Å²) < 4.78 is 0. The summed E-state index contributed by atoms with van der Waals surface area (Å²) in [7, 11) is 0. The number of rotatable bonds is 6. The van der Waals surface area contributed by atoms with Crippen molar-refractivity contribution < 1.29 is 4.79 Å². The summed E-state index contributed by atoms with van der Waals surface area (Å²) >= 11 is 0. The Bertz CT molecular complexity index is 565. The van der Waals surface area contributed by atoms with E-state index in [1.54, 1.807) is 23.4 Å². The van der Waals surface area contributed by atoms with Crippen molar-refractivity contribution in [2.45, 2.75) is 20.4 Å². The number of pyridine rings is 2. The van der Waals surface area contributed by atoms with Gasteiger partial charge < -0.3 is 10.2 Å². The zero-order valence-corrected chi connectivity index (χ0v) is 12.4. The molecule has 2 heterocycles. The molecule has 0 aliphatic carbocycles. The minimum absolute atomic E-state index is 0.0289. The first-order valence-electron chi connectivity index (χ1n) is 7.12. The van der Waals surface area contributed by atoms with Crippen LogP contribution in [0.5, 0.6) is 0 Å². The Hall–Kier alpha value is -2.43. The summed E-state index contributed by atoms with van der Waals surface area (Å²) in [5.74, 6) is -0.0289. The van der Waals surface area contributed by atoms with Crippen LogP contribution in [0, 0.1) is 0 Å². The highest BCUT2D eigenvalue weighted by Crippen LogP contribution is 2.10. The molecule has 110 valence electrons. The SMILES string of the molecule is CCN(CC)C(=O)c1ccc(NCc2cccnc2)cn1. The van der Waals surface area contributed by atoms with E-state index in [0.717, 1.165) is 11.3 Å². The van der Waals surface area contributed by atoms with Gasteiger partial charge in [0, 0.05) is 32.0 Å². The van der Waals surface area contributed by atoms with Crippen molar-refractivity contribution in [3.05, 3.63) is 54.1 Å². The maximum atomic E-state index is 12.1. The van der Waals surface area contributed by atoms with Gasteiger partial charge in [-0.15, -0.1) is 0 Å². The number of carbonyl (C=O) groups is 1. The van der Waals surface area contributed by atoms with Gasteiger partial charge in [-0.3, -0.25) is 9.78 Å². The first-order valence-corrected chi connectivity index (χ1v) is 7.12. The van der Waals surface area contributed by atoms with Gasteiger partial charge in [0.1, 0.15) is 5.69 Å². The van der Waals surface area contributed by atoms with E-state index in [0.29, 0.717) is 25.3 Å². The predicted octanol–water partition coefficient (Wildman–Crippen LogP) is 2.57. The standard InChI is InChI=1S/C16H20N4O/c1-3-20(4-2)16(21)15-8-7-14(12-19-15)18-11-13-6-5-9-17-10-13/h5-10,12,18H,3-4,11H2,1-2H3. The molecule has 0 aromatic carbocycles. The van der Waals surface area contributed by atoms with E-state index in [1.807, 2.05) is 38.2 Å². The Morgan fingerprint density at radius 3 is 2.57 bits per heavy atom. The van der Waals surface area contributed by atoms with Gasteiger partial charge in [0.25, 0.3) is 5.91 Å². The van der Waals surface area contributed by atoms with E-state index in [4.69, 9.17) is 0 Å². The lowest BCUT2D eigenvalue weighted by atomic mass is 10.2. The number of nitrogens with one attached hydrogen (secondary N) is 1. The summed E-state index contributed by atoms with van der Waals surface area (Å²) in [6, 6.07) is 7.54. The van der Waals surface area contributed by atoms with Gasteiger partial charge in [-0.05, 0) is 37.6 Å². The monoisotopic (exact) mass is 284 g/mol. The van der Waals surface area contributed by atoms with Crippen molar-refractivity contribution in [1.82, 2.24) is 14.9 Å². The molecule has 0 fully saturated rings. The third-order valence-corrected chi connectivity index (χ3v) is 3.25. The van der Waals surface area contributed by atoms with Crippen LogP contribution < -0.4 is 5.32 Å². The van der Waals surface area contributed by atoms with E-state index < -0.39 is 0 Å². The highest BCUT2D eigenvalue weighted by molar-refractivity contribution is 5.92. The molecule has 0 aliphatic rings. The summed E-state index contributed by atoms with van der Waals surface area (Å²) in [5.41, 5.74) is 2.46. The molecule has 1 amide bonds. The number of aromatic nitrogens is 2. The van der Waals surface area contributed by atoms with Crippen LogP contribution in [0.2, 0.25) is 0 Å². The molecule has 2 aromatic rings. The topological polar surface area (TPSA) is 58.1 Å². The Morgan fingerprint density at radius 1 is 1.19 bits per heavy atom. The van der Waals surface area contributed by atoms with Gasteiger partial charge in [0.15, 0.2) is 0 Å². The predicted molar refractivity (Wildman–Crippen MR) is 83.1 cm³/mol. The fourth-order valence-electron chi connectivity index (χ4n) is 2.00. The van der Waals surface area contributed by atoms with Crippen molar-refractivity contribution in [2.24, 2.45) is 0 Å². The van der Waals surface area contributed by atoms with Gasteiger partial charge in [-0.1, -0.05) is 6.07 Å². The van der Waals surface area contributed by atoms with Crippen LogP contribution in [0.3, 0.4) is 0 Å². The molecular formula is C16H20N4O. The average molecular weight is 284 g/mol. The summed E-state index contributed by atoms with van der Waals surface area (Å²) in [4.78, 5) is 22.2. The number of anilines is 1. The van der Waals surface area contributed by atoms with Gasteiger partial charge >= 0.3 is 0 Å². The lowest BCUT2D eigenvalue weighted by Gasteiger charge is -2.18. The fraction of sp³-hybridized carbons (Fsp3) is 0.312. The van der Waals surface area contributed by atoms with Crippen molar-refractivity contribution in [1.29, 1.82) is 0 Å². The van der Waals surface area contributed by atoms with Crippen molar-refractivity contribution in [3.8, 4) is 0 Å². The molecule has 0 saturated heterocycles. The molecule has 0 saturated carbocycles. The van der Waals surface area contributed by atoms with Gasteiger partial charge in [-0.25, -0.2) is 4.98 Å². The molecule has 0 spiro atoms. The maximum absolute atomic E-state index is 12.1. The number of carbonyl (C=O) groups excluding carboxylic acids is 1. The van der Waals surface area contributed by atoms with Gasteiger partial charge in [0.05, 0.1) is 11.9 Å². The molecule has 0 aliphatic heterocycles. The van der Waals surface area contributed by atoms with Gasteiger partial charge in [-0.2, -0.15) is 0 Å². The quantitative estimate of drug-likeness (QED) is 0.885. The van der Waals surface area contributed by atoms with Gasteiger partial charge in [0.2, 0.25) is 0 Å². The summed E-state index contributed by atoms with van der Waals surface area (Å²) in [6.45, 7) is 5.99.